The number of carbonyl (C=O) groups is 2. The first-order valence-electron chi connectivity index (χ1n) is 9.64. The molecule has 0 heterocycles. The Morgan fingerprint density at radius 1 is 0.742 bits per heavy atom. The third kappa shape index (κ3) is 7.37. The van der Waals surface area contributed by atoms with Crippen molar-refractivity contribution < 1.29 is 18.9 Å². The number of carbonyl (C=O) groups excluding carboxylic acids is 2. The summed E-state index contributed by atoms with van der Waals surface area (Å²) in [6.45, 7) is 10.8. The Kier molecular flexibility index (Phi) is 7.90. The van der Waals surface area contributed by atoms with E-state index in [1.165, 1.54) is 0 Å². The third-order valence-electron chi connectivity index (χ3n) is 4.10. The molecule has 0 unspecified atom stereocenters. The van der Waals surface area contributed by atoms with E-state index in [9.17, 15) is 9.59 Å². The highest BCUT2D eigenvalue weighted by molar-refractivity contribution is 6.31. The molecule has 0 aliphatic heterocycles. The number of benzene rings is 2. The van der Waals surface area contributed by atoms with E-state index in [0.717, 1.165) is 7.69 Å². The van der Waals surface area contributed by atoms with Crippen LogP contribution in [0.5, 0.6) is 11.5 Å². The second kappa shape index (κ2) is 9.83. The second-order valence-corrected chi connectivity index (χ2v) is 9.89. The number of anilines is 2. The molecule has 2 aromatic rings. The van der Waals surface area contributed by atoms with Crippen LogP contribution in [-0.2, 0) is 9.59 Å². The Labute approximate surface area is 193 Å². The van der Waals surface area contributed by atoms with Gasteiger partial charge in [-0.05, 0) is 36.4 Å². The topological polar surface area (TPSA) is 76.7 Å². The van der Waals surface area contributed by atoms with Gasteiger partial charge in [0, 0.05) is 20.9 Å². The maximum atomic E-state index is 12.3. The smallest absolute Gasteiger partial charge is 0.525 e. The summed E-state index contributed by atoms with van der Waals surface area (Å²) in [5.74, 6) is 0.241. The molecule has 9 heteroatoms. The zero-order chi connectivity index (χ0) is 23.4. The zero-order valence-corrected chi connectivity index (χ0v) is 19.9. The first-order chi connectivity index (χ1) is 14.3. The van der Waals surface area contributed by atoms with Gasteiger partial charge in [-0.3, -0.25) is 9.59 Å². The Morgan fingerprint density at radius 3 is 1.42 bits per heavy atom. The van der Waals surface area contributed by atoms with Crippen LogP contribution in [0, 0.1) is 10.8 Å². The molecule has 2 rings (SSSR count). The molecule has 0 aliphatic carbocycles. The van der Waals surface area contributed by atoms with Crippen molar-refractivity contribution in [3.05, 3.63) is 46.4 Å². The highest BCUT2D eigenvalue weighted by Gasteiger charge is 2.24. The van der Waals surface area contributed by atoms with Crippen LogP contribution in [0.15, 0.2) is 36.4 Å². The van der Waals surface area contributed by atoms with Gasteiger partial charge in [-0.1, -0.05) is 64.7 Å². The molecule has 2 amide bonds. The Morgan fingerprint density at radius 2 is 1.10 bits per heavy atom. The minimum atomic E-state index is -0.585. The first-order valence-corrected chi connectivity index (χ1v) is 10.4. The molecule has 0 atom stereocenters. The Bertz CT molecular complexity index is 891. The lowest BCUT2D eigenvalue weighted by atomic mass is 9.95. The van der Waals surface area contributed by atoms with Crippen LogP contribution < -0.4 is 19.9 Å². The number of halogens is 2. The van der Waals surface area contributed by atoms with Crippen molar-refractivity contribution in [2.24, 2.45) is 10.8 Å². The molecular formula is C22H26BCl2N2O4. The van der Waals surface area contributed by atoms with Crippen molar-refractivity contribution in [2.75, 3.05) is 10.6 Å². The fourth-order valence-corrected chi connectivity index (χ4v) is 2.47. The molecule has 0 bridgehead atoms. The Balaban J connectivity index is 2.15. The fraction of sp³-hybridized carbons (Fsp3) is 0.364. The SMILES string of the molecule is CC(C)(C)C(=O)Nc1ccc(Cl)cc1O[B]Oc1cc(Cl)ccc1NC(=O)C(C)(C)C. The normalized spacial score (nSPS) is 11.5. The molecule has 2 aromatic carbocycles. The molecule has 2 N–H and O–H groups in total. The lowest BCUT2D eigenvalue weighted by molar-refractivity contribution is -0.123. The summed E-state index contributed by atoms with van der Waals surface area (Å²) in [6.07, 6.45) is 0. The van der Waals surface area contributed by atoms with Gasteiger partial charge in [0.05, 0.1) is 11.4 Å². The van der Waals surface area contributed by atoms with Crippen molar-refractivity contribution in [1.82, 2.24) is 0 Å². The van der Waals surface area contributed by atoms with Crippen LogP contribution >= 0.6 is 23.2 Å². The molecular weight excluding hydrogens is 438 g/mol. The largest absolute Gasteiger partial charge is 0.658 e. The highest BCUT2D eigenvalue weighted by Crippen LogP contribution is 2.32. The maximum absolute atomic E-state index is 12.3. The quantitative estimate of drug-likeness (QED) is 0.518. The van der Waals surface area contributed by atoms with E-state index in [1.807, 2.05) is 0 Å². The van der Waals surface area contributed by atoms with Crippen molar-refractivity contribution >= 4 is 54.1 Å². The summed E-state index contributed by atoms with van der Waals surface area (Å²) in [7, 11) is 1.08. The van der Waals surface area contributed by atoms with E-state index >= 15 is 0 Å². The van der Waals surface area contributed by atoms with Crippen molar-refractivity contribution in [3.63, 3.8) is 0 Å². The predicted octanol–water partition coefficient (Wildman–Crippen LogP) is 5.95. The van der Waals surface area contributed by atoms with E-state index < -0.39 is 10.8 Å². The number of amides is 2. The van der Waals surface area contributed by atoms with Crippen molar-refractivity contribution in [1.29, 1.82) is 0 Å². The molecule has 0 fully saturated rings. The average Bonchev–Trinajstić information content (AvgIpc) is 2.64. The van der Waals surface area contributed by atoms with Gasteiger partial charge in [-0.2, -0.15) is 0 Å². The zero-order valence-electron chi connectivity index (χ0n) is 18.4. The fourth-order valence-electron chi connectivity index (χ4n) is 2.14. The summed E-state index contributed by atoms with van der Waals surface area (Å²) in [5, 5.41) is 6.48. The van der Waals surface area contributed by atoms with Gasteiger partial charge in [-0.25, -0.2) is 0 Å². The third-order valence-corrected chi connectivity index (χ3v) is 4.57. The monoisotopic (exact) mass is 463 g/mol. The summed E-state index contributed by atoms with van der Waals surface area (Å²) in [6, 6.07) is 9.68. The Hall–Kier alpha value is -2.38. The molecule has 0 saturated carbocycles. The minimum absolute atomic E-state index is 0.178. The summed E-state index contributed by atoms with van der Waals surface area (Å²) >= 11 is 12.1. The standard InChI is InChI=1S/C22H26BCl2N2O4/c1-21(2,3)19(28)26-15-9-7-13(24)11-17(15)30-23-31-18-12-14(25)8-10-16(18)27-20(29)22(4,5)6/h7-12H,1-6H3,(H,26,28)(H,27,29). The number of nitrogens with one attached hydrogen (secondary N) is 2. The molecule has 0 saturated heterocycles. The van der Waals surface area contributed by atoms with Crippen LogP contribution in [0.4, 0.5) is 11.4 Å². The molecule has 31 heavy (non-hydrogen) atoms. The van der Waals surface area contributed by atoms with E-state index in [2.05, 4.69) is 10.6 Å². The lowest BCUT2D eigenvalue weighted by Gasteiger charge is -2.20. The first kappa shape index (κ1) is 24.9. The minimum Gasteiger partial charge on any atom is -0.525 e. The summed E-state index contributed by atoms with van der Waals surface area (Å²) in [5.41, 5.74) is -0.288. The van der Waals surface area contributed by atoms with Crippen LogP contribution in [0.1, 0.15) is 41.5 Å². The second-order valence-electron chi connectivity index (χ2n) is 9.02. The summed E-state index contributed by atoms with van der Waals surface area (Å²) in [4.78, 5) is 24.7. The van der Waals surface area contributed by atoms with Gasteiger partial charge in [0.25, 0.3) is 0 Å². The molecule has 0 spiro atoms. The number of hydrogen-bond donors (Lipinski definition) is 2. The number of rotatable bonds is 6. The van der Waals surface area contributed by atoms with Crippen LogP contribution in [0.2, 0.25) is 10.0 Å². The van der Waals surface area contributed by atoms with Crippen LogP contribution in [0.25, 0.3) is 0 Å². The van der Waals surface area contributed by atoms with Crippen LogP contribution in [-0.4, -0.2) is 19.5 Å². The van der Waals surface area contributed by atoms with Crippen LogP contribution in [0.3, 0.4) is 0 Å². The van der Waals surface area contributed by atoms with E-state index in [4.69, 9.17) is 32.5 Å². The molecule has 165 valence electrons. The molecule has 1 radical (unpaired) electrons. The van der Waals surface area contributed by atoms with E-state index in [-0.39, 0.29) is 11.8 Å². The van der Waals surface area contributed by atoms with Gasteiger partial charge < -0.3 is 19.9 Å². The average molecular weight is 464 g/mol. The molecule has 0 aliphatic rings. The number of hydrogen-bond acceptors (Lipinski definition) is 4. The van der Waals surface area contributed by atoms with Gasteiger partial charge in [0.1, 0.15) is 11.5 Å². The summed E-state index contributed by atoms with van der Waals surface area (Å²) < 4.78 is 11.2. The van der Waals surface area contributed by atoms with E-state index in [0.29, 0.717) is 32.9 Å². The van der Waals surface area contributed by atoms with Crippen molar-refractivity contribution in [3.8, 4) is 11.5 Å². The van der Waals surface area contributed by atoms with E-state index in [1.54, 1.807) is 77.9 Å². The highest BCUT2D eigenvalue weighted by atomic mass is 35.5. The van der Waals surface area contributed by atoms with Gasteiger partial charge in [-0.15, -0.1) is 0 Å². The van der Waals surface area contributed by atoms with Gasteiger partial charge >= 0.3 is 7.69 Å². The van der Waals surface area contributed by atoms with Gasteiger partial charge in [0.2, 0.25) is 11.8 Å². The van der Waals surface area contributed by atoms with Gasteiger partial charge in [0.15, 0.2) is 0 Å². The molecule has 6 nitrogen and oxygen atoms in total. The molecule has 0 aromatic heterocycles. The van der Waals surface area contributed by atoms with Crippen molar-refractivity contribution in [2.45, 2.75) is 41.5 Å². The predicted molar refractivity (Wildman–Crippen MR) is 126 cm³/mol. The lowest BCUT2D eigenvalue weighted by Crippen LogP contribution is -2.28. The maximum Gasteiger partial charge on any atom is 0.658 e.